The molecule has 0 amide bonds. The van der Waals surface area contributed by atoms with Crippen LogP contribution in [0, 0.1) is 0 Å². The first-order valence-electron chi connectivity index (χ1n) is 4.29. The third-order valence-electron chi connectivity index (χ3n) is 1.86. The number of carbonyl (C=O) groups is 1. The predicted molar refractivity (Wildman–Crippen MR) is 49.0 cm³/mol. The van der Waals surface area contributed by atoms with Gasteiger partial charge in [-0.3, -0.25) is 0 Å². The molecule has 1 saturated heterocycles. The Balaban J connectivity index is 2.40. The molecule has 0 N–H and O–H groups in total. The lowest BCUT2D eigenvalue weighted by Crippen LogP contribution is -2.15. The third-order valence-corrected chi connectivity index (χ3v) is 1.86. The van der Waals surface area contributed by atoms with Gasteiger partial charge in [0.15, 0.2) is 0 Å². The van der Waals surface area contributed by atoms with Crippen molar-refractivity contribution in [3.05, 3.63) is 24.5 Å². The lowest BCUT2D eigenvalue weighted by molar-refractivity contribution is -0.136. The summed E-state index contributed by atoms with van der Waals surface area (Å²) in [6, 6.07) is 0. The molecule has 1 fully saturated rings. The van der Waals surface area contributed by atoms with E-state index in [0.717, 1.165) is 12.8 Å². The largest absolute Gasteiger partial charge is 0.426 e. The Kier molecular flexibility index (Phi) is 3.25. The number of hydrogen-bond donors (Lipinski definition) is 0. The van der Waals surface area contributed by atoms with E-state index in [-0.39, 0.29) is 6.10 Å². The van der Waals surface area contributed by atoms with Gasteiger partial charge < -0.3 is 9.47 Å². The minimum absolute atomic E-state index is 0.122. The number of ether oxygens (including phenoxy) is 2. The standard InChI is InChI=1S/C10H14O3/c1-7(2)10(11)13-8(3)9-5-4-6-12-9/h9H,1,3-6H2,2H3. The van der Waals surface area contributed by atoms with Crippen molar-refractivity contribution in [1.29, 1.82) is 0 Å². The molecule has 0 aromatic carbocycles. The molecule has 0 aliphatic carbocycles. The van der Waals surface area contributed by atoms with Crippen LogP contribution in [0.1, 0.15) is 19.8 Å². The average molecular weight is 182 g/mol. The van der Waals surface area contributed by atoms with E-state index in [1.54, 1.807) is 6.92 Å². The predicted octanol–water partition coefficient (Wildman–Crippen LogP) is 1.80. The van der Waals surface area contributed by atoms with Gasteiger partial charge in [0.25, 0.3) is 0 Å². The van der Waals surface area contributed by atoms with Gasteiger partial charge in [0.1, 0.15) is 11.9 Å². The molecular weight excluding hydrogens is 168 g/mol. The van der Waals surface area contributed by atoms with E-state index in [1.165, 1.54) is 0 Å². The van der Waals surface area contributed by atoms with Gasteiger partial charge >= 0.3 is 5.97 Å². The molecule has 1 unspecified atom stereocenters. The van der Waals surface area contributed by atoms with E-state index in [9.17, 15) is 4.79 Å². The fourth-order valence-corrected chi connectivity index (χ4v) is 1.10. The Labute approximate surface area is 78.0 Å². The van der Waals surface area contributed by atoms with Crippen LogP contribution in [-0.4, -0.2) is 18.7 Å². The molecule has 0 aromatic heterocycles. The van der Waals surface area contributed by atoms with E-state index in [2.05, 4.69) is 13.2 Å². The fraction of sp³-hybridized carbons (Fsp3) is 0.500. The summed E-state index contributed by atoms with van der Waals surface area (Å²) < 4.78 is 10.2. The quantitative estimate of drug-likeness (QED) is 0.379. The van der Waals surface area contributed by atoms with Crippen molar-refractivity contribution < 1.29 is 14.3 Å². The van der Waals surface area contributed by atoms with Gasteiger partial charge in [-0.2, -0.15) is 0 Å². The molecule has 1 heterocycles. The minimum Gasteiger partial charge on any atom is -0.426 e. The molecule has 0 saturated carbocycles. The van der Waals surface area contributed by atoms with Crippen LogP contribution < -0.4 is 0 Å². The van der Waals surface area contributed by atoms with Crippen molar-refractivity contribution in [3.63, 3.8) is 0 Å². The first-order valence-corrected chi connectivity index (χ1v) is 4.29. The summed E-state index contributed by atoms with van der Waals surface area (Å²) in [6.45, 7) is 9.45. The average Bonchev–Trinajstić information content (AvgIpc) is 2.55. The SMILES string of the molecule is C=C(C)C(=O)OC(=C)C1CCCO1. The van der Waals surface area contributed by atoms with E-state index in [4.69, 9.17) is 9.47 Å². The topological polar surface area (TPSA) is 35.5 Å². The maximum absolute atomic E-state index is 11.1. The van der Waals surface area contributed by atoms with Crippen molar-refractivity contribution in [1.82, 2.24) is 0 Å². The molecule has 0 spiro atoms. The highest BCUT2D eigenvalue weighted by Crippen LogP contribution is 2.19. The van der Waals surface area contributed by atoms with Crippen molar-refractivity contribution in [3.8, 4) is 0 Å². The van der Waals surface area contributed by atoms with Crippen molar-refractivity contribution in [2.45, 2.75) is 25.9 Å². The van der Waals surface area contributed by atoms with Crippen molar-refractivity contribution in [2.24, 2.45) is 0 Å². The number of hydrogen-bond acceptors (Lipinski definition) is 3. The zero-order chi connectivity index (χ0) is 9.84. The summed E-state index contributed by atoms with van der Waals surface area (Å²) in [6.07, 6.45) is 1.75. The highest BCUT2D eigenvalue weighted by molar-refractivity contribution is 5.87. The Hall–Kier alpha value is -1.09. The summed E-state index contributed by atoms with van der Waals surface area (Å²) in [5.74, 6) is -0.0361. The highest BCUT2D eigenvalue weighted by atomic mass is 16.6. The summed E-state index contributed by atoms with van der Waals surface area (Å²) >= 11 is 0. The number of rotatable bonds is 3. The first kappa shape index (κ1) is 9.99. The molecule has 1 aliphatic heterocycles. The van der Waals surface area contributed by atoms with Crippen LogP contribution in [0.25, 0.3) is 0 Å². The van der Waals surface area contributed by atoms with Gasteiger partial charge in [0.2, 0.25) is 0 Å². The molecule has 72 valence electrons. The van der Waals surface area contributed by atoms with Crippen LogP contribution in [0.2, 0.25) is 0 Å². The normalized spacial score (nSPS) is 21.2. The Morgan fingerprint density at radius 2 is 2.23 bits per heavy atom. The minimum atomic E-state index is -0.430. The van der Waals surface area contributed by atoms with Gasteiger partial charge in [-0.25, -0.2) is 4.79 Å². The second-order valence-corrected chi connectivity index (χ2v) is 3.14. The molecule has 3 nitrogen and oxygen atoms in total. The monoisotopic (exact) mass is 182 g/mol. The van der Waals surface area contributed by atoms with Crippen molar-refractivity contribution in [2.75, 3.05) is 6.61 Å². The van der Waals surface area contributed by atoms with Crippen molar-refractivity contribution >= 4 is 5.97 Å². The van der Waals surface area contributed by atoms with Gasteiger partial charge in [-0.15, -0.1) is 0 Å². The third kappa shape index (κ3) is 2.70. The Bertz CT molecular complexity index is 237. The second kappa shape index (κ2) is 4.23. The van der Waals surface area contributed by atoms with E-state index < -0.39 is 5.97 Å². The molecule has 0 aromatic rings. The Morgan fingerprint density at radius 1 is 1.54 bits per heavy atom. The molecule has 1 rings (SSSR count). The van der Waals surface area contributed by atoms with Crippen LogP contribution in [0.15, 0.2) is 24.5 Å². The zero-order valence-electron chi connectivity index (χ0n) is 7.84. The zero-order valence-corrected chi connectivity index (χ0v) is 7.84. The van der Waals surface area contributed by atoms with Gasteiger partial charge in [0.05, 0.1) is 0 Å². The molecule has 1 aliphatic rings. The molecule has 3 heteroatoms. The first-order chi connectivity index (χ1) is 6.11. The molecule has 13 heavy (non-hydrogen) atoms. The molecular formula is C10H14O3. The van der Waals surface area contributed by atoms with Crippen LogP contribution in [0.3, 0.4) is 0 Å². The van der Waals surface area contributed by atoms with Crippen LogP contribution in [0.4, 0.5) is 0 Å². The summed E-state index contributed by atoms with van der Waals surface area (Å²) in [7, 11) is 0. The van der Waals surface area contributed by atoms with Gasteiger partial charge in [0, 0.05) is 12.2 Å². The molecule has 0 bridgehead atoms. The Morgan fingerprint density at radius 3 is 2.69 bits per heavy atom. The molecule has 1 atom stereocenters. The van der Waals surface area contributed by atoms with Gasteiger partial charge in [-0.05, 0) is 19.8 Å². The van der Waals surface area contributed by atoms with Gasteiger partial charge in [-0.1, -0.05) is 13.2 Å². The maximum atomic E-state index is 11.1. The summed E-state index contributed by atoms with van der Waals surface area (Å²) in [4.78, 5) is 11.1. The van der Waals surface area contributed by atoms with Crippen LogP contribution in [-0.2, 0) is 14.3 Å². The number of carbonyl (C=O) groups excluding carboxylic acids is 1. The molecule has 0 radical (unpaired) electrons. The fourth-order valence-electron chi connectivity index (χ4n) is 1.10. The summed E-state index contributed by atoms with van der Waals surface area (Å²) in [5, 5.41) is 0. The van der Waals surface area contributed by atoms with Crippen LogP contribution in [0.5, 0.6) is 0 Å². The lowest BCUT2D eigenvalue weighted by Gasteiger charge is -2.12. The van der Waals surface area contributed by atoms with E-state index in [0.29, 0.717) is 17.9 Å². The van der Waals surface area contributed by atoms with E-state index in [1.807, 2.05) is 0 Å². The smallest absolute Gasteiger partial charge is 0.338 e. The lowest BCUT2D eigenvalue weighted by atomic mass is 10.2. The van der Waals surface area contributed by atoms with E-state index >= 15 is 0 Å². The highest BCUT2D eigenvalue weighted by Gasteiger charge is 2.21. The summed E-state index contributed by atoms with van der Waals surface area (Å²) in [5.41, 5.74) is 0.374. The number of esters is 1. The van der Waals surface area contributed by atoms with Crippen LogP contribution >= 0.6 is 0 Å². The second-order valence-electron chi connectivity index (χ2n) is 3.14. The maximum Gasteiger partial charge on any atom is 0.338 e.